The van der Waals surface area contributed by atoms with Gasteiger partial charge in [-0.25, -0.2) is 0 Å². The standard InChI is InChI=1S/C14H20O5/c1-16-6-7-19-5-4-14(15)11-8-12(17-2)10-13(9-11)18-3/h8-10H,4-7H2,1-3H3. The summed E-state index contributed by atoms with van der Waals surface area (Å²) in [6.45, 7) is 1.40. The van der Waals surface area contributed by atoms with Crippen LogP contribution in [0.1, 0.15) is 16.8 Å². The number of ketones is 1. The Bertz CT molecular complexity index is 381. The maximum atomic E-state index is 12.0. The molecule has 0 aromatic heterocycles. The van der Waals surface area contributed by atoms with Crippen LogP contribution in [0.5, 0.6) is 11.5 Å². The molecule has 0 amide bonds. The Morgan fingerprint density at radius 2 is 1.58 bits per heavy atom. The van der Waals surface area contributed by atoms with E-state index >= 15 is 0 Å². The molecular formula is C14H20O5. The van der Waals surface area contributed by atoms with Crippen LogP contribution in [-0.4, -0.2) is 46.9 Å². The predicted octanol–water partition coefficient (Wildman–Crippen LogP) is 1.94. The molecule has 106 valence electrons. The summed E-state index contributed by atoms with van der Waals surface area (Å²) in [5, 5.41) is 0. The number of hydrogen-bond acceptors (Lipinski definition) is 5. The van der Waals surface area contributed by atoms with Crippen LogP contribution < -0.4 is 9.47 Å². The van der Waals surface area contributed by atoms with Crippen LogP contribution in [0.4, 0.5) is 0 Å². The molecule has 1 aromatic rings. The summed E-state index contributed by atoms with van der Waals surface area (Å²) in [5.74, 6) is 1.20. The number of ether oxygens (including phenoxy) is 4. The third-order valence-corrected chi connectivity index (χ3v) is 2.58. The highest BCUT2D eigenvalue weighted by Crippen LogP contribution is 2.23. The first-order valence-electron chi connectivity index (χ1n) is 6.04. The number of carbonyl (C=O) groups excluding carboxylic acids is 1. The van der Waals surface area contributed by atoms with Crippen LogP contribution in [0.3, 0.4) is 0 Å². The Hall–Kier alpha value is -1.59. The highest BCUT2D eigenvalue weighted by atomic mass is 16.5. The Morgan fingerprint density at radius 1 is 0.947 bits per heavy atom. The third-order valence-electron chi connectivity index (χ3n) is 2.58. The van der Waals surface area contributed by atoms with Gasteiger partial charge in [-0.2, -0.15) is 0 Å². The van der Waals surface area contributed by atoms with Crippen molar-refractivity contribution >= 4 is 5.78 Å². The highest BCUT2D eigenvalue weighted by Gasteiger charge is 2.09. The lowest BCUT2D eigenvalue weighted by molar-refractivity contribution is 0.0641. The summed E-state index contributed by atoms with van der Waals surface area (Å²) >= 11 is 0. The number of Topliss-reactive ketones (excluding diaryl/α,β-unsaturated/α-hetero) is 1. The smallest absolute Gasteiger partial charge is 0.165 e. The van der Waals surface area contributed by atoms with Gasteiger partial charge < -0.3 is 18.9 Å². The van der Waals surface area contributed by atoms with Gasteiger partial charge in [0.05, 0.1) is 34.0 Å². The van der Waals surface area contributed by atoms with Crippen LogP contribution in [-0.2, 0) is 9.47 Å². The van der Waals surface area contributed by atoms with Crippen LogP contribution in [0.2, 0.25) is 0 Å². The van der Waals surface area contributed by atoms with Gasteiger partial charge in [0.25, 0.3) is 0 Å². The molecule has 0 fully saturated rings. The van der Waals surface area contributed by atoms with E-state index in [4.69, 9.17) is 18.9 Å². The largest absolute Gasteiger partial charge is 0.497 e. The molecule has 0 aliphatic rings. The topological polar surface area (TPSA) is 54.0 Å². The SMILES string of the molecule is COCCOCCC(=O)c1cc(OC)cc(OC)c1. The monoisotopic (exact) mass is 268 g/mol. The number of benzene rings is 1. The summed E-state index contributed by atoms with van der Waals surface area (Å²) in [5.41, 5.74) is 0.562. The molecule has 0 N–H and O–H groups in total. The molecule has 0 radical (unpaired) electrons. The van der Waals surface area contributed by atoms with E-state index in [2.05, 4.69) is 0 Å². The van der Waals surface area contributed by atoms with E-state index in [-0.39, 0.29) is 5.78 Å². The molecule has 0 saturated heterocycles. The molecule has 5 nitrogen and oxygen atoms in total. The van der Waals surface area contributed by atoms with Gasteiger partial charge in [-0.3, -0.25) is 4.79 Å². The van der Waals surface area contributed by atoms with E-state index in [0.717, 1.165) is 0 Å². The van der Waals surface area contributed by atoms with E-state index < -0.39 is 0 Å². The van der Waals surface area contributed by atoms with E-state index in [1.807, 2.05) is 0 Å². The molecule has 19 heavy (non-hydrogen) atoms. The molecule has 0 spiro atoms. The zero-order valence-corrected chi connectivity index (χ0v) is 11.6. The minimum Gasteiger partial charge on any atom is -0.497 e. The van der Waals surface area contributed by atoms with Gasteiger partial charge in [0.2, 0.25) is 0 Å². The summed E-state index contributed by atoms with van der Waals surface area (Å²) in [7, 11) is 4.71. The number of rotatable bonds is 9. The average Bonchev–Trinajstić information content (AvgIpc) is 2.46. The van der Waals surface area contributed by atoms with Crippen LogP contribution in [0.15, 0.2) is 18.2 Å². The maximum absolute atomic E-state index is 12.0. The molecular weight excluding hydrogens is 248 g/mol. The summed E-state index contributed by atoms with van der Waals surface area (Å²) < 4.78 is 20.4. The summed E-state index contributed by atoms with van der Waals surface area (Å²) in [4.78, 5) is 12.0. The van der Waals surface area contributed by atoms with Crippen molar-refractivity contribution in [1.29, 1.82) is 0 Å². The average molecular weight is 268 g/mol. The predicted molar refractivity (Wildman–Crippen MR) is 71.2 cm³/mol. The molecule has 0 aliphatic carbocycles. The van der Waals surface area contributed by atoms with Gasteiger partial charge in [-0.1, -0.05) is 0 Å². The second-order valence-electron chi connectivity index (χ2n) is 3.88. The van der Waals surface area contributed by atoms with Gasteiger partial charge in [0, 0.05) is 25.2 Å². The fraction of sp³-hybridized carbons (Fsp3) is 0.500. The van der Waals surface area contributed by atoms with Crippen molar-refractivity contribution in [2.24, 2.45) is 0 Å². The molecule has 0 bridgehead atoms. The molecule has 0 aliphatic heterocycles. The lowest BCUT2D eigenvalue weighted by Gasteiger charge is -2.08. The van der Waals surface area contributed by atoms with Gasteiger partial charge in [-0.05, 0) is 12.1 Å². The number of carbonyl (C=O) groups is 1. The van der Waals surface area contributed by atoms with Crippen molar-refractivity contribution in [2.45, 2.75) is 6.42 Å². The van der Waals surface area contributed by atoms with Gasteiger partial charge in [-0.15, -0.1) is 0 Å². The Labute approximate surface area is 113 Å². The maximum Gasteiger partial charge on any atom is 0.165 e. The van der Waals surface area contributed by atoms with Crippen LogP contribution in [0.25, 0.3) is 0 Å². The van der Waals surface area contributed by atoms with Gasteiger partial charge in [0.1, 0.15) is 11.5 Å². The summed E-state index contributed by atoms with van der Waals surface area (Å²) in [6.07, 6.45) is 0.319. The first-order valence-corrected chi connectivity index (χ1v) is 6.04. The number of hydrogen-bond donors (Lipinski definition) is 0. The van der Waals surface area contributed by atoms with Crippen molar-refractivity contribution < 1.29 is 23.7 Å². The Balaban J connectivity index is 2.55. The van der Waals surface area contributed by atoms with Crippen molar-refractivity contribution in [3.63, 3.8) is 0 Å². The fourth-order valence-corrected chi connectivity index (χ4v) is 1.52. The van der Waals surface area contributed by atoms with Gasteiger partial charge >= 0.3 is 0 Å². The third kappa shape index (κ3) is 5.28. The number of methoxy groups -OCH3 is 3. The Kier molecular flexibility index (Phi) is 6.92. The van der Waals surface area contributed by atoms with E-state index in [1.54, 1.807) is 39.5 Å². The van der Waals surface area contributed by atoms with E-state index in [0.29, 0.717) is 43.3 Å². The van der Waals surface area contributed by atoms with Crippen molar-refractivity contribution in [1.82, 2.24) is 0 Å². The lowest BCUT2D eigenvalue weighted by atomic mass is 10.1. The molecule has 5 heteroatoms. The fourth-order valence-electron chi connectivity index (χ4n) is 1.52. The minimum absolute atomic E-state index is 0.00498. The Morgan fingerprint density at radius 3 is 2.11 bits per heavy atom. The molecule has 0 unspecified atom stereocenters. The zero-order valence-electron chi connectivity index (χ0n) is 11.6. The lowest BCUT2D eigenvalue weighted by Crippen LogP contribution is -2.08. The molecule has 1 rings (SSSR count). The quantitative estimate of drug-likeness (QED) is 0.506. The normalized spacial score (nSPS) is 10.3. The van der Waals surface area contributed by atoms with E-state index in [9.17, 15) is 4.79 Å². The second-order valence-corrected chi connectivity index (χ2v) is 3.88. The first-order chi connectivity index (χ1) is 9.21. The molecule has 1 aromatic carbocycles. The molecule has 0 heterocycles. The summed E-state index contributed by atoms with van der Waals surface area (Å²) in [6, 6.07) is 5.12. The van der Waals surface area contributed by atoms with Crippen LogP contribution in [0, 0.1) is 0 Å². The molecule has 0 atom stereocenters. The van der Waals surface area contributed by atoms with Crippen molar-refractivity contribution in [3.05, 3.63) is 23.8 Å². The minimum atomic E-state index is -0.00498. The van der Waals surface area contributed by atoms with Gasteiger partial charge in [0.15, 0.2) is 5.78 Å². The molecule has 0 saturated carbocycles. The highest BCUT2D eigenvalue weighted by molar-refractivity contribution is 5.96. The van der Waals surface area contributed by atoms with E-state index in [1.165, 1.54) is 0 Å². The zero-order chi connectivity index (χ0) is 14.1. The van der Waals surface area contributed by atoms with Crippen molar-refractivity contribution in [3.8, 4) is 11.5 Å². The van der Waals surface area contributed by atoms with Crippen molar-refractivity contribution in [2.75, 3.05) is 41.2 Å². The first kappa shape index (κ1) is 15.5. The van der Waals surface area contributed by atoms with Crippen LogP contribution >= 0.6 is 0 Å². The second kappa shape index (κ2) is 8.50.